The predicted molar refractivity (Wildman–Crippen MR) is 176 cm³/mol. The second kappa shape index (κ2) is 18.3. The van der Waals surface area contributed by atoms with Gasteiger partial charge in [-0.05, 0) is 82.9 Å². The molecule has 1 unspecified atom stereocenters. The Morgan fingerprint density at radius 3 is 1.70 bits per heavy atom. The molecular formula is C34H49BF4NOPRh. The molecule has 2 nitrogen and oxygen atoms in total. The standard InChI is InChI=1S/C26H36NOP.C8H12.BF4.Rh/c1-17(2)22-16-28-25(27-22)26(6,7)24(21-12-10-9-11-13-21)29(8)23-19(4)14-18(3)15-20(23)5;1-2-4-6-8-7-5-3-1;2-1(3,4)5;/h9-15,17,22,24H,16H2,1-8H3;1-2,7-8H,3-6H2;;/q;;-1;/p+1/b;2-1-,8-7-;;/t22-,24+,29?;;;/m1.../s1. The number of nitrogens with zero attached hydrogens (tertiary/aromatic N) is 1. The van der Waals surface area contributed by atoms with E-state index in [9.17, 15) is 17.3 Å². The van der Waals surface area contributed by atoms with E-state index in [4.69, 9.17) is 9.73 Å². The van der Waals surface area contributed by atoms with Crippen molar-refractivity contribution in [1.82, 2.24) is 0 Å². The van der Waals surface area contributed by atoms with Gasteiger partial charge in [0.2, 0.25) is 0 Å². The van der Waals surface area contributed by atoms with Crippen molar-refractivity contribution in [2.75, 3.05) is 13.3 Å². The van der Waals surface area contributed by atoms with Crippen LogP contribution in [-0.4, -0.2) is 32.5 Å². The fraction of sp³-hybridized carbons (Fsp3) is 0.500. The summed E-state index contributed by atoms with van der Waals surface area (Å²) in [5, 5.41) is 1.56. The van der Waals surface area contributed by atoms with E-state index >= 15 is 0 Å². The quantitative estimate of drug-likeness (QED) is 0.127. The summed E-state index contributed by atoms with van der Waals surface area (Å²) in [4.78, 5) is 5.05. The number of aryl methyl sites for hydroxylation is 3. The summed E-state index contributed by atoms with van der Waals surface area (Å²) in [7, 11) is -6.93. The zero-order valence-corrected chi connectivity index (χ0v) is 29.5. The van der Waals surface area contributed by atoms with Crippen LogP contribution in [0.5, 0.6) is 0 Å². The van der Waals surface area contributed by atoms with E-state index in [1.807, 2.05) is 0 Å². The normalized spacial score (nSPS) is 19.5. The first-order valence-electron chi connectivity index (χ1n) is 15.0. The van der Waals surface area contributed by atoms with Crippen LogP contribution < -0.4 is 5.30 Å². The molecule has 0 aromatic heterocycles. The Bertz CT molecular complexity index is 1160. The van der Waals surface area contributed by atoms with Crippen molar-refractivity contribution in [2.24, 2.45) is 16.3 Å². The molecule has 2 aliphatic rings. The first kappa shape index (κ1) is 39.3. The molecule has 2 aromatic carbocycles. The van der Waals surface area contributed by atoms with Crippen LogP contribution in [0.2, 0.25) is 0 Å². The summed E-state index contributed by atoms with van der Waals surface area (Å²) in [6, 6.07) is 16.0. The van der Waals surface area contributed by atoms with E-state index in [0.29, 0.717) is 18.2 Å². The first-order chi connectivity index (χ1) is 19.6. The van der Waals surface area contributed by atoms with E-state index in [0.717, 1.165) is 5.90 Å². The molecule has 0 saturated heterocycles. The summed E-state index contributed by atoms with van der Waals surface area (Å²) in [6.45, 7) is 19.1. The Balaban J connectivity index is 0.000000548. The fourth-order valence-corrected chi connectivity index (χ4v) is 9.44. The van der Waals surface area contributed by atoms with Crippen LogP contribution in [0, 0.1) is 32.1 Å². The molecule has 1 aliphatic heterocycles. The van der Waals surface area contributed by atoms with Gasteiger partial charge in [0.25, 0.3) is 0 Å². The third-order valence-corrected chi connectivity index (χ3v) is 11.2. The van der Waals surface area contributed by atoms with Gasteiger partial charge in [0.1, 0.15) is 12.3 Å². The van der Waals surface area contributed by atoms with Crippen molar-refractivity contribution >= 4 is 26.4 Å². The molecule has 43 heavy (non-hydrogen) atoms. The Labute approximate surface area is 271 Å². The molecule has 0 bridgehead atoms. The monoisotopic (exact) mass is 708 g/mol. The third kappa shape index (κ3) is 13.0. The van der Waals surface area contributed by atoms with Crippen LogP contribution in [0.15, 0.2) is 71.8 Å². The minimum atomic E-state index is -6.00. The summed E-state index contributed by atoms with van der Waals surface area (Å²) in [6.07, 6.45) is 14.0. The van der Waals surface area contributed by atoms with Gasteiger partial charge in [0.05, 0.1) is 23.4 Å². The minimum absolute atomic E-state index is 0. The number of rotatable bonds is 6. The van der Waals surface area contributed by atoms with Gasteiger partial charge in [-0.1, -0.05) is 86.2 Å². The number of aliphatic imine (C=N–C) groups is 1. The zero-order chi connectivity index (χ0) is 31.5. The second-order valence-corrected chi connectivity index (χ2v) is 14.6. The average molecular weight is 708 g/mol. The van der Waals surface area contributed by atoms with E-state index in [1.165, 1.54) is 47.9 Å². The van der Waals surface area contributed by atoms with Gasteiger partial charge in [0, 0.05) is 27.4 Å². The van der Waals surface area contributed by atoms with Crippen LogP contribution in [0.1, 0.15) is 81.3 Å². The summed E-state index contributed by atoms with van der Waals surface area (Å²) in [5.41, 5.74) is 5.80. The van der Waals surface area contributed by atoms with Crippen LogP contribution in [0.25, 0.3) is 0 Å². The second-order valence-electron chi connectivity index (χ2n) is 12.2. The van der Waals surface area contributed by atoms with Crippen molar-refractivity contribution in [3.05, 3.63) is 89.0 Å². The number of halogens is 4. The molecule has 0 saturated carbocycles. The number of allylic oxidation sites excluding steroid dienone is 4. The number of hydrogen-bond acceptors (Lipinski definition) is 2. The van der Waals surface area contributed by atoms with Gasteiger partial charge in [-0.15, -0.1) is 0 Å². The SMILES string of the molecule is C1=C\CC/C=C\CC/1.Cc1cc(C)c([PH+](C)[C@@H](c2ccccc2)C(C)(C)C2=N[C@@H](C(C)C)CO2)c(C)c1.F[B-](F)(F)F.[Rh]. The molecule has 241 valence electrons. The number of ether oxygens (including phenoxy) is 1. The van der Waals surface area contributed by atoms with E-state index in [-0.39, 0.29) is 30.9 Å². The smallest absolute Gasteiger partial charge is 0.478 e. The number of hydrogen-bond donors (Lipinski definition) is 0. The molecule has 9 heteroatoms. The van der Waals surface area contributed by atoms with Gasteiger partial charge in [0.15, 0.2) is 5.90 Å². The molecule has 1 heterocycles. The van der Waals surface area contributed by atoms with Gasteiger partial charge in [-0.25, -0.2) is 4.99 Å². The maximum absolute atomic E-state index is 9.75. The van der Waals surface area contributed by atoms with Crippen molar-refractivity contribution < 1.29 is 41.5 Å². The largest absolute Gasteiger partial charge is 0.673 e. The van der Waals surface area contributed by atoms with Crippen LogP contribution in [0.3, 0.4) is 0 Å². The molecule has 0 N–H and O–H groups in total. The molecule has 2 aromatic rings. The van der Waals surface area contributed by atoms with Crippen molar-refractivity contribution in [3.63, 3.8) is 0 Å². The van der Waals surface area contributed by atoms with E-state index in [1.54, 1.807) is 5.30 Å². The van der Waals surface area contributed by atoms with Gasteiger partial charge >= 0.3 is 7.25 Å². The van der Waals surface area contributed by atoms with Crippen LogP contribution >= 0.6 is 7.92 Å². The van der Waals surface area contributed by atoms with Gasteiger partial charge in [-0.2, -0.15) is 0 Å². The topological polar surface area (TPSA) is 21.6 Å². The van der Waals surface area contributed by atoms with E-state index < -0.39 is 15.2 Å². The van der Waals surface area contributed by atoms with Gasteiger partial charge in [-0.3, -0.25) is 0 Å². The fourth-order valence-electron chi connectivity index (χ4n) is 5.86. The predicted octanol–water partition coefficient (Wildman–Crippen LogP) is 10.3. The van der Waals surface area contributed by atoms with Crippen LogP contribution in [-0.2, 0) is 24.2 Å². The Morgan fingerprint density at radius 1 is 0.860 bits per heavy atom. The van der Waals surface area contributed by atoms with Crippen LogP contribution in [0.4, 0.5) is 17.3 Å². The van der Waals surface area contributed by atoms with Gasteiger partial charge < -0.3 is 22.0 Å². The first-order valence-corrected chi connectivity index (χ1v) is 17.1. The molecule has 0 fully saturated rings. The Morgan fingerprint density at radius 2 is 1.30 bits per heavy atom. The van der Waals surface area contributed by atoms with Crippen molar-refractivity contribution in [2.45, 2.75) is 85.9 Å². The average Bonchev–Trinajstić information content (AvgIpc) is 3.35. The third-order valence-electron chi connectivity index (χ3n) is 7.69. The summed E-state index contributed by atoms with van der Waals surface area (Å²) < 4.78 is 45.2. The Hall–Kier alpha value is -1.77. The number of benzene rings is 2. The summed E-state index contributed by atoms with van der Waals surface area (Å²) >= 11 is 0. The minimum Gasteiger partial charge on any atom is -0.478 e. The molecule has 1 radical (unpaired) electrons. The molecule has 1 aliphatic carbocycles. The Kier molecular flexibility index (Phi) is 16.7. The molecule has 0 amide bonds. The maximum atomic E-state index is 9.75. The molecule has 4 rings (SSSR count). The molecular weight excluding hydrogens is 659 g/mol. The van der Waals surface area contributed by atoms with Crippen molar-refractivity contribution in [3.8, 4) is 0 Å². The van der Waals surface area contributed by atoms with E-state index in [2.05, 4.69) is 122 Å². The summed E-state index contributed by atoms with van der Waals surface area (Å²) in [5.74, 6) is 1.45. The zero-order valence-electron chi connectivity index (χ0n) is 26.9. The maximum Gasteiger partial charge on any atom is 0.673 e. The molecule has 0 spiro atoms. The molecule has 3 atom stereocenters. The van der Waals surface area contributed by atoms with Crippen molar-refractivity contribution in [1.29, 1.82) is 0 Å².